The first-order valence-electron chi connectivity index (χ1n) is 6.73. The van der Waals surface area contributed by atoms with E-state index in [1.165, 1.54) is 12.8 Å². The molecule has 4 nitrogen and oxygen atoms in total. The van der Waals surface area contributed by atoms with Crippen LogP contribution in [0.4, 0.5) is 5.82 Å². The van der Waals surface area contributed by atoms with Crippen LogP contribution in [-0.2, 0) is 0 Å². The van der Waals surface area contributed by atoms with Crippen molar-refractivity contribution >= 4 is 17.4 Å². The van der Waals surface area contributed by atoms with Crippen LogP contribution in [0.15, 0.2) is 18.3 Å². The highest BCUT2D eigenvalue weighted by Crippen LogP contribution is 2.27. The summed E-state index contributed by atoms with van der Waals surface area (Å²) in [6.07, 6.45) is 4.04. The second-order valence-corrected chi connectivity index (χ2v) is 6.07. The fourth-order valence-electron chi connectivity index (χ4n) is 2.55. The van der Waals surface area contributed by atoms with Gasteiger partial charge in [-0.25, -0.2) is 4.98 Å². The molecule has 1 aromatic rings. The summed E-state index contributed by atoms with van der Waals surface area (Å²) in [4.78, 5) is 9.04. The van der Waals surface area contributed by atoms with Gasteiger partial charge in [-0.05, 0) is 59.2 Å². The van der Waals surface area contributed by atoms with Crippen molar-refractivity contribution in [3.05, 3.63) is 23.4 Å². The molecule has 1 N–H and O–H groups in total. The minimum atomic E-state index is 0.216. The first-order chi connectivity index (χ1) is 9.02. The minimum absolute atomic E-state index is 0.216. The number of anilines is 1. The van der Waals surface area contributed by atoms with Gasteiger partial charge in [0.05, 0.1) is 5.02 Å². The van der Waals surface area contributed by atoms with Crippen LogP contribution in [0, 0.1) is 0 Å². The highest BCUT2D eigenvalue weighted by molar-refractivity contribution is 6.30. The predicted molar refractivity (Wildman–Crippen MR) is 80.9 cm³/mol. The quantitative estimate of drug-likeness (QED) is 0.917. The number of aromatic nitrogens is 1. The molecule has 0 radical (unpaired) electrons. The van der Waals surface area contributed by atoms with E-state index in [0.717, 1.165) is 25.5 Å². The van der Waals surface area contributed by atoms with Crippen molar-refractivity contribution in [2.45, 2.75) is 18.4 Å². The van der Waals surface area contributed by atoms with Crippen LogP contribution in [0.2, 0.25) is 5.02 Å². The highest BCUT2D eigenvalue weighted by Gasteiger charge is 2.35. The average Bonchev–Trinajstić information content (AvgIpc) is 2.40. The monoisotopic (exact) mass is 282 g/mol. The van der Waals surface area contributed by atoms with Crippen LogP contribution in [-0.4, -0.2) is 61.1 Å². The average molecular weight is 283 g/mol. The summed E-state index contributed by atoms with van der Waals surface area (Å²) in [5.74, 6) is 0.893. The number of pyridine rings is 1. The SMILES string of the molecule is CN1CCC(CNc2ccc(Cl)cn2)(N(C)C)CC1. The lowest BCUT2D eigenvalue weighted by atomic mass is 9.86. The Bertz CT molecular complexity index is 396. The maximum absolute atomic E-state index is 5.85. The Hall–Kier alpha value is -0.840. The van der Waals surface area contributed by atoms with E-state index in [4.69, 9.17) is 11.6 Å². The molecule has 0 spiro atoms. The molecule has 5 heteroatoms. The molecule has 0 aromatic carbocycles. The number of likely N-dealkylation sites (tertiary alicyclic amines) is 1. The number of likely N-dealkylation sites (N-methyl/N-ethyl adjacent to an activating group) is 1. The van der Waals surface area contributed by atoms with E-state index in [1.807, 2.05) is 12.1 Å². The van der Waals surface area contributed by atoms with Gasteiger partial charge >= 0.3 is 0 Å². The summed E-state index contributed by atoms with van der Waals surface area (Å²) >= 11 is 5.85. The lowest BCUT2D eigenvalue weighted by Gasteiger charge is -2.45. The number of halogens is 1. The Kier molecular flexibility index (Phi) is 4.66. The van der Waals surface area contributed by atoms with Gasteiger partial charge < -0.3 is 15.1 Å². The summed E-state index contributed by atoms with van der Waals surface area (Å²) in [5.41, 5.74) is 0.216. The lowest BCUT2D eigenvalue weighted by molar-refractivity contribution is 0.0773. The van der Waals surface area contributed by atoms with Gasteiger partial charge in [-0.1, -0.05) is 11.6 Å². The second-order valence-electron chi connectivity index (χ2n) is 5.64. The molecule has 1 aromatic heterocycles. The number of rotatable bonds is 4. The van der Waals surface area contributed by atoms with Gasteiger partial charge in [-0.2, -0.15) is 0 Å². The van der Waals surface area contributed by atoms with Crippen molar-refractivity contribution < 1.29 is 0 Å². The Labute approximate surface area is 120 Å². The topological polar surface area (TPSA) is 31.4 Å². The molecule has 1 saturated heterocycles. The first kappa shape index (κ1) is 14.6. The number of piperidine rings is 1. The first-order valence-corrected chi connectivity index (χ1v) is 7.11. The molecule has 0 atom stereocenters. The van der Waals surface area contributed by atoms with Crippen LogP contribution >= 0.6 is 11.6 Å². The van der Waals surface area contributed by atoms with Crippen LogP contribution in [0.5, 0.6) is 0 Å². The van der Waals surface area contributed by atoms with Gasteiger partial charge in [0.25, 0.3) is 0 Å². The largest absolute Gasteiger partial charge is 0.368 e. The maximum Gasteiger partial charge on any atom is 0.126 e. The Morgan fingerprint density at radius 2 is 2.05 bits per heavy atom. The molecule has 19 heavy (non-hydrogen) atoms. The van der Waals surface area contributed by atoms with Crippen LogP contribution in [0.3, 0.4) is 0 Å². The molecule has 2 rings (SSSR count). The highest BCUT2D eigenvalue weighted by atomic mass is 35.5. The van der Waals surface area contributed by atoms with E-state index in [1.54, 1.807) is 6.20 Å². The van der Waals surface area contributed by atoms with E-state index in [-0.39, 0.29) is 5.54 Å². The zero-order valence-electron chi connectivity index (χ0n) is 12.0. The van der Waals surface area contributed by atoms with Gasteiger partial charge in [0.15, 0.2) is 0 Å². The molecule has 0 aliphatic carbocycles. The van der Waals surface area contributed by atoms with E-state index >= 15 is 0 Å². The van der Waals surface area contributed by atoms with Crippen molar-refractivity contribution in [1.29, 1.82) is 0 Å². The minimum Gasteiger partial charge on any atom is -0.368 e. The zero-order valence-corrected chi connectivity index (χ0v) is 12.7. The third-order valence-corrected chi connectivity index (χ3v) is 4.42. The van der Waals surface area contributed by atoms with E-state index in [2.05, 4.69) is 41.2 Å². The molecule has 0 bridgehead atoms. The number of nitrogens with one attached hydrogen (secondary N) is 1. The number of nitrogens with zero attached hydrogens (tertiary/aromatic N) is 3. The van der Waals surface area contributed by atoms with Crippen molar-refractivity contribution in [3.63, 3.8) is 0 Å². The Morgan fingerprint density at radius 3 is 2.58 bits per heavy atom. The van der Waals surface area contributed by atoms with E-state index in [9.17, 15) is 0 Å². The van der Waals surface area contributed by atoms with Crippen molar-refractivity contribution in [3.8, 4) is 0 Å². The number of hydrogen-bond donors (Lipinski definition) is 1. The summed E-state index contributed by atoms with van der Waals surface area (Å²) in [6.45, 7) is 3.21. The second kappa shape index (κ2) is 6.07. The molecule has 0 amide bonds. The van der Waals surface area contributed by atoms with Crippen LogP contribution in [0.1, 0.15) is 12.8 Å². The molecular weight excluding hydrogens is 260 g/mol. The third-order valence-electron chi connectivity index (χ3n) is 4.19. The maximum atomic E-state index is 5.85. The van der Waals surface area contributed by atoms with Crippen LogP contribution in [0.25, 0.3) is 0 Å². The standard InChI is InChI=1S/C14H23ClN4/c1-18(2)14(6-8-19(3)9-7-14)11-17-13-5-4-12(15)10-16-13/h4-5,10H,6-9,11H2,1-3H3,(H,16,17). The summed E-state index contributed by atoms with van der Waals surface area (Å²) in [6, 6.07) is 3.80. The van der Waals surface area contributed by atoms with Crippen molar-refractivity contribution in [1.82, 2.24) is 14.8 Å². The molecule has 106 valence electrons. The fourth-order valence-corrected chi connectivity index (χ4v) is 2.66. The van der Waals surface area contributed by atoms with Crippen molar-refractivity contribution in [2.75, 3.05) is 46.1 Å². The van der Waals surface area contributed by atoms with E-state index in [0.29, 0.717) is 5.02 Å². The number of hydrogen-bond acceptors (Lipinski definition) is 4. The fraction of sp³-hybridized carbons (Fsp3) is 0.643. The zero-order chi connectivity index (χ0) is 13.9. The smallest absolute Gasteiger partial charge is 0.126 e. The van der Waals surface area contributed by atoms with Gasteiger partial charge in [0.1, 0.15) is 5.82 Å². The Balaban J connectivity index is 1.99. The molecule has 1 aliphatic heterocycles. The van der Waals surface area contributed by atoms with Gasteiger partial charge in [0.2, 0.25) is 0 Å². The van der Waals surface area contributed by atoms with Crippen molar-refractivity contribution in [2.24, 2.45) is 0 Å². The lowest BCUT2D eigenvalue weighted by Crippen LogP contribution is -2.55. The molecule has 1 fully saturated rings. The molecular formula is C14H23ClN4. The normalized spacial score (nSPS) is 19.6. The molecule has 0 saturated carbocycles. The summed E-state index contributed by atoms with van der Waals surface area (Å²) < 4.78 is 0. The predicted octanol–water partition coefficient (Wildman–Crippen LogP) is 2.17. The molecule has 0 unspecified atom stereocenters. The summed E-state index contributed by atoms with van der Waals surface area (Å²) in [5, 5.41) is 4.12. The molecule has 2 heterocycles. The van der Waals surface area contributed by atoms with Gasteiger partial charge in [-0.15, -0.1) is 0 Å². The van der Waals surface area contributed by atoms with Gasteiger partial charge in [0, 0.05) is 18.3 Å². The Morgan fingerprint density at radius 1 is 1.37 bits per heavy atom. The molecule has 1 aliphatic rings. The van der Waals surface area contributed by atoms with Gasteiger partial charge in [-0.3, -0.25) is 0 Å². The third kappa shape index (κ3) is 3.59. The summed E-state index contributed by atoms with van der Waals surface area (Å²) in [7, 11) is 6.53. The van der Waals surface area contributed by atoms with E-state index < -0.39 is 0 Å². The van der Waals surface area contributed by atoms with Crippen LogP contribution < -0.4 is 5.32 Å².